The first kappa shape index (κ1) is 11.5. The van der Waals surface area contributed by atoms with Gasteiger partial charge in [0.15, 0.2) is 0 Å². The van der Waals surface area contributed by atoms with E-state index >= 15 is 0 Å². The number of rotatable bonds is 3. The molecule has 0 aliphatic carbocycles. The lowest BCUT2D eigenvalue weighted by molar-refractivity contribution is -0.142. The van der Waals surface area contributed by atoms with Gasteiger partial charge in [-0.25, -0.2) is 0 Å². The van der Waals surface area contributed by atoms with Crippen molar-refractivity contribution in [3.8, 4) is 0 Å². The molecule has 14 heavy (non-hydrogen) atoms. The predicted octanol–water partition coefficient (Wildman–Crippen LogP) is 0.219. The molecule has 0 aromatic rings. The number of amides is 1. The summed E-state index contributed by atoms with van der Waals surface area (Å²) in [5.41, 5.74) is 5.43. The highest BCUT2D eigenvalue weighted by molar-refractivity contribution is 5.78. The molecule has 2 N–H and O–H groups in total. The summed E-state index contributed by atoms with van der Waals surface area (Å²) in [6.45, 7) is 6.60. The molecule has 1 fully saturated rings. The van der Waals surface area contributed by atoms with Crippen LogP contribution in [0.1, 0.15) is 20.3 Å². The van der Waals surface area contributed by atoms with E-state index in [1.165, 1.54) is 0 Å². The summed E-state index contributed by atoms with van der Waals surface area (Å²) in [5, 5.41) is 0. The first-order chi connectivity index (χ1) is 6.65. The zero-order chi connectivity index (χ0) is 10.6. The number of hydrogen-bond acceptors (Lipinski definition) is 3. The molecule has 0 spiro atoms. The maximum atomic E-state index is 11.8. The number of ether oxygens (including phenoxy) is 1. The van der Waals surface area contributed by atoms with Crippen molar-refractivity contribution in [3.05, 3.63) is 0 Å². The van der Waals surface area contributed by atoms with Gasteiger partial charge in [0.05, 0.1) is 12.7 Å². The van der Waals surface area contributed by atoms with E-state index in [4.69, 9.17) is 10.5 Å². The molecule has 2 unspecified atom stereocenters. The molecule has 1 heterocycles. The minimum atomic E-state index is 0.0466. The smallest absolute Gasteiger partial charge is 0.225 e. The fourth-order valence-electron chi connectivity index (χ4n) is 1.70. The Labute approximate surface area is 85.4 Å². The quantitative estimate of drug-likeness (QED) is 0.709. The van der Waals surface area contributed by atoms with Crippen LogP contribution >= 0.6 is 0 Å². The monoisotopic (exact) mass is 200 g/mol. The summed E-state index contributed by atoms with van der Waals surface area (Å²) in [6.07, 6.45) is 0.933. The molecule has 1 rings (SSSR count). The largest absolute Gasteiger partial charge is 0.375 e. The highest BCUT2D eigenvalue weighted by atomic mass is 16.5. The summed E-state index contributed by atoms with van der Waals surface area (Å²) in [6, 6.07) is 0. The second kappa shape index (κ2) is 5.32. The fraction of sp³-hybridized carbons (Fsp3) is 0.900. The van der Waals surface area contributed by atoms with E-state index in [1.54, 1.807) is 0 Å². The fourth-order valence-corrected chi connectivity index (χ4v) is 1.70. The van der Waals surface area contributed by atoms with Gasteiger partial charge in [0, 0.05) is 19.0 Å². The van der Waals surface area contributed by atoms with Crippen LogP contribution in [0.3, 0.4) is 0 Å². The number of morpholine rings is 1. The SMILES string of the molecule is CC1CN(C(=O)C(C)CCN)CCO1. The molecule has 0 saturated carbocycles. The number of nitrogens with two attached hydrogens (primary N) is 1. The lowest BCUT2D eigenvalue weighted by atomic mass is 10.1. The predicted molar refractivity (Wildman–Crippen MR) is 54.8 cm³/mol. The van der Waals surface area contributed by atoms with E-state index in [1.807, 2.05) is 18.7 Å². The number of hydrogen-bond donors (Lipinski definition) is 1. The van der Waals surface area contributed by atoms with E-state index in [-0.39, 0.29) is 17.9 Å². The molecule has 1 aliphatic rings. The molecule has 4 nitrogen and oxygen atoms in total. The molecule has 1 aliphatic heterocycles. The van der Waals surface area contributed by atoms with Gasteiger partial charge in [-0.05, 0) is 19.9 Å². The van der Waals surface area contributed by atoms with Crippen molar-refractivity contribution < 1.29 is 9.53 Å². The second-order valence-corrected chi connectivity index (χ2v) is 3.94. The van der Waals surface area contributed by atoms with Crippen LogP contribution in [0.5, 0.6) is 0 Å². The second-order valence-electron chi connectivity index (χ2n) is 3.94. The van der Waals surface area contributed by atoms with Crippen LogP contribution in [-0.2, 0) is 9.53 Å². The molecule has 0 aromatic heterocycles. The normalized spacial score (nSPS) is 24.8. The van der Waals surface area contributed by atoms with Gasteiger partial charge in [-0.2, -0.15) is 0 Å². The van der Waals surface area contributed by atoms with Gasteiger partial charge in [0.25, 0.3) is 0 Å². The van der Waals surface area contributed by atoms with Crippen LogP contribution in [0.25, 0.3) is 0 Å². The molecule has 0 bridgehead atoms. The Morgan fingerprint density at radius 1 is 1.71 bits per heavy atom. The van der Waals surface area contributed by atoms with Gasteiger partial charge in [0.1, 0.15) is 0 Å². The van der Waals surface area contributed by atoms with Crippen molar-refractivity contribution in [2.45, 2.75) is 26.4 Å². The molecule has 1 saturated heterocycles. The Bertz CT molecular complexity index is 197. The van der Waals surface area contributed by atoms with Crippen LogP contribution in [0, 0.1) is 5.92 Å². The van der Waals surface area contributed by atoms with Gasteiger partial charge >= 0.3 is 0 Å². The summed E-state index contributed by atoms with van der Waals surface area (Å²) in [7, 11) is 0. The number of carbonyl (C=O) groups excluding carboxylic acids is 1. The number of carbonyl (C=O) groups is 1. The van der Waals surface area contributed by atoms with Crippen LogP contribution in [0.15, 0.2) is 0 Å². The highest BCUT2D eigenvalue weighted by Crippen LogP contribution is 2.11. The zero-order valence-electron chi connectivity index (χ0n) is 9.03. The summed E-state index contributed by atoms with van der Waals surface area (Å²) in [5.74, 6) is 0.260. The standard InChI is InChI=1S/C10H20N2O2/c1-8(3-4-11)10(13)12-5-6-14-9(2)7-12/h8-9H,3-7,11H2,1-2H3. The van der Waals surface area contributed by atoms with E-state index in [0.29, 0.717) is 19.7 Å². The van der Waals surface area contributed by atoms with Crippen LogP contribution < -0.4 is 5.73 Å². The van der Waals surface area contributed by atoms with E-state index in [9.17, 15) is 4.79 Å². The molecule has 1 amide bonds. The summed E-state index contributed by atoms with van der Waals surface area (Å²) >= 11 is 0. The maximum Gasteiger partial charge on any atom is 0.225 e. The molecule has 0 aromatic carbocycles. The van der Waals surface area contributed by atoms with E-state index in [2.05, 4.69) is 0 Å². The van der Waals surface area contributed by atoms with E-state index < -0.39 is 0 Å². The zero-order valence-corrected chi connectivity index (χ0v) is 9.03. The van der Waals surface area contributed by atoms with Crippen molar-refractivity contribution in [2.75, 3.05) is 26.2 Å². The van der Waals surface area contributed by atoms with Gasteiger partial charge < -0.3 is 15.4 Å². The average molecular weight is 200 g/mol. The summed E-state index contributed by atoms with van der Waals surface area (Å²) in [4.78, 5) is 13.7. The van der Waals surface area contributed by atoms with Crippen molar-refractivity contribution in [3.63, 3.8) is 0 Å². The van der Waals surface area contributed by atoms with Crippen LogP contribution in [0.4, 0.5) is 0 Å². The van der Waals surface area contributed by atoms with Gasteiger partial charge in [0.2, 0.25) is 5.91 Å². The maximum absolute atomic E-state index is 11.8. The number of nitrogens with zero attached hydrogens (tertiary/aromatic N) is 1. The minimum absolute atomic E-state index is 0.0466. The summed E-state index contributed by atoms with van der Waals surface area (Å²) < 4.78 is 5.38. The van der Waals surface area contributed by atoms with Gasteiger partial charge in [-0.3, -0.25) is 4.79 Å². The Morgan fingerprint density at radius 3 is 3.00 bits per heavy atom. The lowest BCUT2D eigenvalue weighted by Crippen LogP contribution is -2.46. The molecule has 4 heteroatoms. The Morgan fingerprint density at radius 2 is 2.43 bits per heavy atom. The molecular weight excluding hydrogens is 180 g/mol. The van der Waals surface area contributed by atoms with Crippen LogP contribution in [-0.4, -0.2) is 43.2 Å². The molecule has 0 radical (unpaired) electrons. The van der Waals surface area contributed by atoms with Crippen molar-refractivity contribution >= 4 is 5.91 Å². The Hall–Kier alpha value is -0.610. The average Bonchev–Trinajstić information content (AvgIpc) is 2.17. The van der Waals surface area contributed by atoms with Crippen molar-refractivity contribution in [2.24, 2.45) is 11.7 Å². The first-order valence-corrected chi connectivity index (χ1v) is 5.25. The van der Waals surface area contributed by atoms with Crippen molar-refractivity contribution in [1.82, 2.24) is 4.90 Å². The molecular formula is C10H20N2O2. The van der Waals surface area contributed by atoms with E-state index in [0.717, 1.165) is 13.0 Å². The van der Waals surface area contributed by atoms with Gasteiger partial charge in [-0.15, -0.1) is 0 Å². The third-order valence-corrected chi connectivity index (χ3v) is 2.57. The molecule has 2 atom stereocenters. The van der Waals surface area contributed by atoms with Crippen LogP contribution in [0.2, 0.25) is 0 Å². The van der Waals surface area contributed by atoms with Gasteiger partial charge in [-0.1, -0.05) is 6.92 Å². The minimum Gasteiger partial charge on any atom is -0.375 e. The van der Waals surface area contributed by atoms with Crippen molar-refractivity contribution in [1.29, 1.82) is 0 Å². The Kier molecular flexibility index (Phi) is 4.35. The Balaban J connectivity index is 2.42. The third kappa shape index (κ3) is 2.96. The third-order valence-electron chi connectivity index (χ3n) is 2.57. The first-order valence-electron chi connectivity index (χ1n) is 5.25. The molecule has 82 valence electrons. The lowest BCUT2D eigenvalue weighted by Gasteiger charge is -2.32. The highest BCUT2D eigenvalue weighted by Gasteiger charge is 2.24. The topological polar surface area (TPSA) is 55.6 Å².